The van der Waals surface area contributed by atoms with Crippen LogP contribution >= 0.6 is 0 Å². The first kappa shape index (κ1) is 21.1. The minimum Gasteiger partial charge on any atom is -0.298 e. The van der Waals surface area contributed by atoms with Crippen LogP contribution in [0.25, 0.3) is 0 Å². The molecule has 6 rings (SSSR count). The van der Waals surface area contributed by atoms with Crippen molar-refractivity contribution >= 4 is 17.8 Å². The van der Waals surface area contributed by atoms with E-state index in [-0.39, 0.29) is 40.8 Å². The number of barbiturate groups is 1. The van der Waals surface area contributed by atoms with Crippen LogP contribution in [0.5, 0.6) is 0 Å². The summed E-state index contributed by atoms with van der Waals surface area (Å²) >= 11 is 0. The molecule has 0 radical (unpaired) electrons. The normalized spacial score (nSPS) is 50.0. The van der Waals surface area contributed by atoms with Gasteiger partial charge in [-0.15, -0.1) is 0 Å². The molecule has 176 valence electrons. The maximum atomic E-state index is 13.9. The van der Waals surface area contributed by atoms with Crippen molar-refractivity contribution in [3.8, 4) is 0 Å². The Morgan fingerprint density at radius 3 is 2.50 bits per heavy atom. The summed E-state index contributed by atoms with van der Waals surface area (Å²) < 4.78 is 0. The summed E-state index contributed by atoms with van der Waals surface area (Å²) in [5.41, 5.74) is -1.13. The van der Waals surface area contributed by atoms with E-state index in [4.69, 9.17) is 0 Å². The molecule has 2 bridgehead atoms. The first-order chi connectivity index (χ1) is 15.1. The van der Waals surface area contributed by atoms with Gasteiger partial charge in [-0.05, 0) is 67.6 Å². The lowest BCUT2D eigenvalue weighted by molar-refractivity contribution is -0.175. The summed E-state index contributed by atoms with van der Waals surface area (Å²) in [4.78, 5) is 43.7. The number of urea groups is 1. The zero-order valence-corrected chi connectivity index (χ0v) is 19.9. The topological polar surface area (TPSA) is 81.8 Å². The molecule has 0 aromatic rings. The lowest BCUT2D eigenvalue weighted by Crippen LogP contribution is -2.77. The molecule has 8 atom stereocenters. The van der Waals surface area contributed by atoms with Gasteiger partial charge in [-0.3, -0.25) is 30.0 Å². The van der Waals surface area contributed by atoms with Crippen molar-refractivity contribution < 1.29 is 14.4 Å². The third-order valence-corrected chi connectivity index (χ3v) is 10.1. The van der Waals surface area contributed by atoms with E-state index in [0.717, 1.165) is 25.7 Å². The molecule has 0 aromatic carbocycles. The van der Waals surface area contributed by atoms with Gasteiger partial charge < -0.3 is 0 Å². The molecular formula is C25H38N4O3. The smallest absolute Gasteiger partial charge is 0.298 e. The fourth-order valence-corrected chi connectivity index (χ4v) is 9.55. The van der Waals surface area contributed by atoms with Crippen molar-refractivity contribution in [1.82, 2.24) is 20.4 Å². The number of piperidine rings is 2. The van der Waals surface area contributed by atoms with Gasteiger partial charge in [0.15, 0.2) is 0 Å². The van der Waals surface area contributed by atoms with Crippen LogP contribution in [0.15, 0.2) is 0 Å². The number of hydrogen-bond acceptors (Lipinski definition) is 5. The van der Waals surface area contributed by atoms with Crippen molar-refractivity contribution in [2.24, 2.45) is 28.1 Å². The van der Waals surface area contributed by atoms with Crippen LogP contribution in [0.4, 0.5) is 4.79 Å². The summed E-state index contributed by atoms with van der Waals surface area (Å²) in [6.07, 6.45) is 10.0. The number of amides is 4. The van der Waals surface area contributed by atoms with Crippen molar-refractivity contribution in [3.05, 3.63) is 0 Å². The zero-order valence-electron chi connectivity index (χ0n) is 19.9. The number of carbonyl (C=O) groups excluding carboxylic acids is 3. The van der Waals surface area contributed by atoms with Gasteiger partial charge in [0, 0.05) is 25.2 Å². The highest BCUT2D eigenvalue weighted by Gasteiger charge is 2.73. The van der Waals surface area contributed by atoms with Crippen LogP contribution in [0.2, 0.25) is 0 Å². The number of fused-ring (bicyclic) bond motifs is 9. The largest absolute Gasteiger partial charge is 0.330 e. The second kappa shape index (κ2) is 6.56. The highest BCUT2D eigenvalue weighted by atomic mass is 16.2. The number of nitrogens with one attached hydrogen (secondary N) is 2. The van der Waals surface area contributed by atoms with E-state index in [1.807, 2.05) is 0 Å². The Hall–Kier alpha value is -1.47. The quantitative estimate of drug-likeness (QED) is 0.564. The van der Waals surface area contributed by atoms with E-state index in [1.165, 1.54) is 37.6 Å². The van der Waals surface area contributed by atoms with Gasteiger partial charge >= 0.3 is 6.03 Å². The molecule has 0 aromatic heterocycles. The Kier molecular flexibility index (Phi) is 4.32. The van der Waals surface area contributed by atoms with E-state index in [2.05, 4.69) is 36.3 Å². The van der Waals surface area contributed by atoms with E-state index in [9.17, 15) is 14.4 Å². The third-order valence-electron chi connectivity index (χ3n) is 10.1. The van der Waals surface area contributed by atoms with E-state index >= 15 is 0 Å². The molecule has 4 aliphatic heterocycles. The molecule has 6 fully saturated rings. The number of nitrogens with zero attached hydrogens (tertiary/aromatic N) is 2. The zero-order chi connectivity index (χ0) is 22.6. The van der Waals surface area contributed by atoms with Gasteiger partial charge in [-0.2, -0.15) is 0 Å². The number of carbonyl (C=O) groups is 3. The Balaban J connectivity index is 1.49. The van der Waals surface area contributed by atoms with Crippen LogP contribution in [0.1, 0.15) is 78.6 Å². The Morgan fingerprint density at radius 1 is 0.969 bits per heavy atom. The van der Waals surface area contributed by atoms with Crippen LogP contribution in [-0.4, -0.2) is 59.0 Å². The van der Waals surface area contributed by atoms with Gasteiger partial charge in [0.1, 0.15) is 5.41 Å². The minimum absolute atomic E-state index is 0.128. The van der Waals surface area contributed by atoms with Gasteiger partial charge in [-0.1, -0.05) is 33.6 Å². The van der Waals surface area contributed by atoms with Crippen LogP contribution < -0.4 is 10.6 Å². The average Bonchev–Trinajstić information content (AvgIpc) is 2.95. The minimum atomic E-state index is -1.17. The second-order valence-electron chi connectivity index (χ2n) is 13.0. The van der Waals surface area contributed by atoms with Gasteiger partial charge in [0.2, 0.25) is 11.8 Å². The maximum absolute atomic E-state index is 13.9. The third kappa shape index (κ3) is 2.64. The highest BCUT2D eigenvalue weighted by Crippen LogP contribution is 2.65. The molecule has 6 aliphatic rings. The molecular weight excluding hydrogens is 404 g/mol. The maximum Gasteiger partial charge on any atom is 0.330 e. The second-order valence-corrected chi connectivity index (χ2v) is 13.0. The summed E-state index contributed by atoms with van der Waals surface area (Å²) in [6.45, 7) is 6.98. The molecule has 2 N–H and O–H groups in total. The van der Waals surface area contributed by atoms with Crippen molar-refractivity contribution in [1.29, 1.82) is 0 Å². The first-order valence-electron chi connectivity index (χ1n) is 12.7. The lowest BCUT2D eigenvalue weighted by Gasteiger charge is -2.60. The Bertz CT molecular complexity index is 888. The molecule has 4 heterocycles. The van der Waals surface area contributed by atoms with Crippen LogP contribution in [0, 0.1) is 28.1 Å². The predicted molar refractivity (Wildman–Crippen MR) is 119 cm³/mol. The van der Waals surface area contributed by atoms with E-state index in [1.54, 1.807) is 0 Å². The molecule has 4 amide bonds. The molecule has 32 heavy (non-hydrogen) atoms. The summed E-state index contributed by atoms with van der Waals surface area (Å²) in [5, 5.41) is 6.64. The predicted octanol–water partition coefficient (Wildman–Crippen LogP) is 2.85. The number of imide groups is 2. The van der Waals surface area contributed by atoms with Crippen LogP contribution in [0.3, 0.4) is 0 Å². The van der Waals surface area contributed by atoms with E-state index in [0.29, 0.717) is 24.4 Å². The first-order valence-corrected chi connectivity index (χ1v) is 12.7. The average molecular weight is 443 g/mol. The molecule has 2 saturated carbocycles. The lowest BCUT2D eigenvalue weighted by atomic mass is 9.54. The van der Waals surface area contributed by atoms with Crippen molar-refractivity contribution in [2.45, 2.75) is 103 Å². The summed E-state index contributed by atoms with van der Waals surface area (Å²) in [7, 11) is 1.53. The summed E-state index contributed by atoms with van der Waals surface area (Å²) in [6, 6.07) is 0.175. The molecule has 2 aliphatic carbocycles. The Labute approximate surface area is 191 Å². The molecule has 4 saturated heterocycles. The van der Waals surface area contributed by atoms with Crippen molar-refractivity contribution in [3.63, 3.8) is 0 Å². The molecule has 7 heteroatoms. The molecule has 7 nitrogen and oxygen atoms in total. The number of hydrogen-bond donors (Lipinski definition) is 2. The number of rotatable bonds is 0. The van der Waals surface area contributed by atoms with Crippen molar-refractivity contribution in [2.75, 3.05) is 7.05 Å². The van der Waals surface area contributed by atoms with E-state index < -0.39 is 11.4 Å². The monoisotopic (exact) mass is 442 g/mol. The Morgan fingerprint density at radius 2 is 1.72 bits per heavy atom. The van der Waals surface area contributed by atoms with Gasteiger partial charge in [0.25, 0.3) is 0 Å². The van der Waals surface area contributed by atoms with Gasteiger partial charge in [-0.25, -0.2) is 4.79 Å². The standard InChI is InChI=1S/C25H38N4O3/c1-23(2)11-16-12-24(3,13-23)19-25(20(30)27-22(32)28(4)21(25)31)10-15-9-14-7-5-6-8-17(14)26-18(15)29(16)19/h14-19,26H,5-13H2,1-4H3,(H,27,30,32). The highest BCUT2D eigenvalue weighted by molar-refractivity contribution is 6.19. The van der Waals surface area contributed by atoms with Crippen LogP contribution in [-0.2, 0) is 9.59 Å². The fraction of sp³-hybridized carbons (Fsp3) is 0.880. The molecule has 8 unspecified atom stereocenters. The SMILES string of the molecule is CN1C(=O)NC(=O)C2(CC3CC4CCCCC4NC3N3C4CC(C)(C)CC(C)(C4)C32)C1=O. The summed E-state index contributed by atoms with van der Waals surface area (Å²) in [5.74, 6) is 0.259. The van der Waals surface area contributed by atoms with Gasteiger partial charge in [0.05, 0.1) is 6.17 Å². The molecule has 1 spiro atoms. The fourth-order valence-electron chi connectivity index (χ4n) is 9.55.